The maximum atomic E-state index is 14.4. The lowest BCUT2D eigenvalue weighted by atomic mass is 10.0. The van der Waals surface area contributed by atoms with Crippen molar-refractivity contribution in [2.45, 2.75) is 95.0 Å². The fourth-order valence-electron chi connectivity index (χ4n) is 6.71. The SMILES string of the molecule is COc1ccc2c(O[C@@H]3C[C@H]4C(=O)N[C@]5(C(=O)O)C[C@@H]5/C=C\CCCCC[C@H](NC(=O)OC(C)(C)C)C(=O)N4C3)cc(-c3csc(N)n3)nc2c1. The van der Waals surface area contributed by atoms with Crippen LogP contribution in [0.5, 0.6) is 11.5 Å². The van der Waals surface area contributed by atoms with Gasteiger partial charge in [-0.1, -0.05) is 25.0 Å². The van der Waals surface area contributed by atoms with Gasteiger partial charge in [0.2, 0.25) is 11.8 Å². The van der Waals surface area contributed by atoms with Crippen molar-refractivity contribution in [3.05, 3.63) is 41.8 Å². The van der Waals surface area contributed by atoms with Gasteiger partial charge in [-0.05, 0) is 58.6 Å². The first-order chi connectivity index (χ1) is 24.3. The van der Waals surface area contributed by atoms with Crippen LogP contribution in [-0.2, 0) is 19.1 Å². The molecule has 1 saturated carbocycles. The van der Waals surface area contributed by atoms with Gasteiger partial charge in [0.05, 0.1) is 24.9 Å². The fraction of sp³-hybridized carbons (Fsp3) is 0.500. The van der Waals surface area contributed by atoms with Gasteiger partial charge < -0.3 is 40.6 Å². The third-order valence-electron chi connectivity index (χ3n) is 9.37. The number of carbonyl (C=O) groups is 4. The van der Waals surface area contributed by atoms with Crippen LogP contribution in [0.15, 0.2) is 41.8 Å². The van der Waals surface area contributed by atoms with Crippen molar-refractivity contribution in [1.82, 2.24) is 25.5 Å². The molecule has 0 spiro atoms. The number of hydrogen-bond donors (Lipinski definition) is 4. The minimum atomic E-state index is -1.46. The summed E-state index contributed by atoms with van der Waals surface area (Å²) in [7, 11) is 1.56. The second-order valence-corrected chi connectivity index (χ2v) is 15.2. The average molecular weight is 721 g/mol. The second-order valence-electron chi connectivity index (χ2n) is 14.3. The number of pyridine rings is 1. The summed E-state index contributed by atoms with van der Waals surface area (Å²) in [6.45, 7) is 5.21. The van der Waals surface area contributed by atoms with Gasteiger partial charge in [0.25, 0.3) is 0 Å². The molecule has 3 aromatic rings. The number of benzene rings is 1. The zero-order valence-corrected chi connectivity index (χ0v) is 30.0. The molecule has 5 atom stereocenters. The van der Waals surface area contributed by atoms with Crippen LogP contribution < -0.4 is 25.8 Å². The molecule has 0 unspecified atom stereocenters. The summed E-state index contributed by atoms with van der Waals surface area (Å²) < 4.78 is 17.5. The Balaban J connectivity index is 1.34. The van der Waals surface area contributed by atoms with E-state index < -0.39 is 53.2 Å². The Morgan fingerprint density at radius 1 is 1.14 bits per heavy atom. The number of hydrogen-bond acceptors (Lipinski definition) is 11. The number of carboxylic acid groups (broad SMARTS) is 1. The second kappa shape index (κ2) is 14.4. The van der Waals surface area contributed by atoms with Crippen LogP contribution in [0, 0.1) is 5.92 Å². The Hall–Kier alpha value is -4.92. The number of carboxylic acids is 1. The summed E-state index contributed by atoms with van der Waals surface area (Å²) in [4.78, 5) is 64.4. The number of methoxy groups -OCH3 is 1. The number of allylic oxidation sites excluding steroid dienone is 1. The quantitative estimate of drug-likeness (QED) is 0.259. The number of rotatable bonds is 6. The number of nitrogens with two attached hydrogens (primary N) is 1. The molecule has 14 nitrogen and oxygen atoms in total. The van der Waals surface area contributed by atoms with E-state index in [4.69, 9.17) is 24.9 Å². The number of carbonyl (C=O) groups excluding carboxylic acids is 3. The number of anilines is 1. The number of thiazole rings is 1. The molecule has 6 rings (SSSR count). The molecule has 2 aliphatic heterocycles. The first-order valence-electron chi connectivity index (χ1n) is 17.1. The molecule has 4 heterocycles. The molecule has 51 heavy (non-hydrogen) atoms. The standard InChI is InChI=1S/C36H44N6O8S/c1-35(2,3)50-34(47)40-24-11-9-7-5-6-8-10-20-17-36(20,32(45)46)41-30(43)28-15-22(18-42(28)31(24)44)49-29-16-26(27-19-51-33(37)39-27)38-25-14-21(48-4)12-13-23(25)29/h8,10,12-14,16,19-20,22,24,28H,5-7,9,11,15,17-18H2,1-4H3,(H2,37,39)(H,40,47)(H,41,43)(H,45,46)/b10-8-/t20-,22+,24-,28-,36+/m0/s1. The first kappa shape index (κ1) is 35.9. The van der Waals surface area contributed by atoms with E-state index in [1.807, 2.05) is 18.2 Å². The summed E-state index contributed by atoms with van der Waals surface area (Å²) in [5.74, 6) is -1.52. The average Bonchev–Trinajstić information content (AvgIpc) is 3.34. The highest BCUT2D eigenvalue weighted by atomic mass is 32.1. The highest BCUT2D eigenvalue weighted by Crippen LogP contribution is 2.45. The Morgan fingerprint density at radius 3 is 2.65 bits per heavy atom. The van der Waals surface area contributed by atoms with E-state index >= 15 is 0 Å². The molecule has 5 N–H and O–H groups in total. The summed E-state index contributed by atoms with van der Waals surface area (Å²) >= 11 is 1.28. The molecular weight excluding hydrogens is 676 g/mol. The Labute approximate surface area is 299 Å². The molecule has 3 amide bonds. The summed E-state index contributed by atoms with van der Waals surface area (Å²) in [6, 6.07) is 5.08. The third kappa shape index (κ3) is 8.03. The Bertz CT molecular complexity index is 1860. The number of nitrogens with one attached hydrogen (secondary N) is 2. The van der Waals surface area contributed by atoms with Gasteiger partial charge in [-0.2, -0.15) is 0 Å². The lowest BCUT2D eigenvalue weighted by molar-refractivity contribution is -0.145. The van der Waals surface area contributed by atoms with E-state index in [1.165, 1.54) is 16.2 Å². The van der Waals surface area contributed by atoms with Gasteiger partial charge >= 0.3 is 12.1 Å². The highest BCUT2D eigenvalue weighted by Gasteiger charge is 2.61. The van der Waals surface area contributed by atoms with Crippen LogP contribution in [0.4, 0.5) is 9.93 Å². The number of alkyl carbamates (subject to hydrolysis) is 1. The Morgan fingerprint density at radius 2 is 1.94 bits per heavy atom. The van der Waals surface area contributed by atoms with Gasteiger partial charge in [0, 0.05) is 35.2 Å². The van der Waals surface area contributed by atoms with Crippen molar-refractivity contribution in [1.29, 1.82) is 0 Å². The van der Waals surface area contributed by atoms with E-state index in [9.17, 15) is 24.3 Å². The van der Waals surface area contributed by atoms with Crippen molar-refractivity contribution in [2.24, 2.45) is 5.92 Å². The van der Waals surface area contributed by atoms with Crippen LogP contribution in [0.2, 0.25) is 0 Å². The fourth-order valence-corrected chi connectivity index (χ4v) is 7.27. The van der Waals surface area contributed by atoms with Gasteiger partial charge in [-0.25, -0.2) is 19.6 Å². The normalized spacial score (nSPS) is 26.2. The van der Waals surface area contributed by atoms with Crippen molar-refractivity contribution in [2.75, 3.05) is 19.4 Å². The van der Waals surface area contributed by atoms with Crippen molar-refractivity contribution < 1.29 is 38.5 Å². The molecule has 1 saturated heterocycles. The smallest absolute Gasteiger partial charge is 0.408 e. The predicted molar refractivity (Wildman–Crippen MR) is 190 cm³/mol. The van der Waals surface area contributed by atoms with E-state index in [2.05, 4.69) is 15.6 Å². The molecule has 0 bridgehead atoms. The summed E-state index contributed by atoms with van der Waals surface area (Å²) in [5, 5.41) is 18.6. The van der Waals surface area contributed by atoms with Crippen LogP contribution in [0.25, 0.3) is 22.3 Å². The van der Waals surface area contributed by atoms with Gasteiger partial charge in [-0.15, -0.1) is 11.3 Å². The van der Waals surface area contributed by atoms with E-state index in [0.717, 1.165) is 19.3 Å². The minimum absolute atomic E-state index is 0.00573. The number of aromatic nitrogens is 2. The molecule has 2 aromatic heterocycles. The molecule has 2 fully saturated rings. The largest absolute Gasteiger partial charge is 0.497 e. The lowest BCUT2D eigenvalue weighted by Gasteiger charge is -2.30. The van der Waals surface area contributed by atoms with Gasteiger partial charge in [0.1, 0.15) is 46.5 Å². The van der Waals surface area contributed by atoms with Gasteiger partial charge in [-0.3, -0.25) is 9.59 Å². The number of nitrogens with zero attached hydrogens (tertiary/aromatic N) is 3. The maximum Gasteiger partial charge on any atom is 0.408 e. The first-order valence-corrected chi connectivity index (χ1v) is 18.0. The number of fused-ring (bicyclic) bond motifs is 3. The summed E-state index contributed by atoms with van der Waals surface area (Å²) in [5.41, 5.74) is 5.32. The van der Waals surface area contributed by atoms with Crippen molar-refractivity contribution in [3.8, 4) is 22.9 Å². The van der Waals surface area contributed by atoms with Crippen LogP contribution in [-0.4, -0.2) is 86.8 Å². The molecule has 15 heteroatoms. The van der Waals surface area contributed by atoms with Crippen LogP contribution in [0.3, 0.4) is 0 Å². The molecule has 272 valence electrons. The van der Waals surface area contributed by atoms with E-state index in [1.54, 1.807) is 51.5 Å². The minimum Gasteiger partial charge on any atom is -0.497 e. The van der Waals surface area contributed by atoms with Crippen LogP contribution in [0.1, 0.15) is 65.7 Å². The molecule has 3 aliphatic rings. The predicted octanol–water partition coefficient (Wildman–Crippen LogP) is 4.67. The molecular formula is C36H44N6O8S. The number of aliphatic carboxylic acids is 1. The van der Waals surface area contributed by atoms with E-state index in [-0.39, 0.29) is 25.3 Å². The Kier molecular flexibility index (Phi) is 10.1. The highest BCUT2D eigenvalue weighted by molar-refractivity contribution is 7.13. The zero-order chi connectivity index (χ0) is 36.5. The number of ether oxygens (including phenoxy) is 3. The van der Waals surface area contributed by atoms with E-state index in [0.29, 0.717) is 51.8 Å². The topological polar surface area (TPSA) is 195 Å². The number of amides is 3. The summed E-state index contributed by atoms with van der Waals surface area (Å²) in [6.07, 6.45) is 6.05. The van der Waals surface area contributed by atoms with Gasteiger partial charge in [0.15, 0.2) is 5.13 Å². The lowest BCUT2D eigenvalue weighted by Crippen LogP contribution is -2.56. The maximum absolute atomic E-state index is 14.4. The number of nitrogen functional groups attached to an aromatic ring is 1. The molecule has 0 radical (unpaired) electrons. The third-order valence-corrected chi connectivity index (χ3v) is 10.0. The zero-order valence-electron chi connectivity index (χ0n) is 29.1. The van der Waals surface area contributed by atoms with Crippen LogP contribution >= 0.6 is 11.3 Å². The monoisotopic (exact) mass is 720 g/mol. The van der Waals surface area contributed by atoms with Crippen molar-refractivity contribution >= 4 is 51.2 Å². The molecule has 1 aliphatic carbocycles. The van der Waals surface area contributed by atoms with Crippen molar-refractivity contribution in [3.63, 3.8) is 0 Å². The molecule has 1 aromatic carbocycles.